The number of H-pyrrole nitrogens is 1. The highest BCUT2D eigenvalue weighted by molar-refractivity contribution is 9.10. The molecule has 3 N–H and O–H groups in total. The molecular weight excluding hydrogens is 432 g/mol. The molecule has 0 aliphatic heterocycles. The Kier molecular flexibility index (Phi) is 4.92. The molecule has 3 heterocycles. The van der Waals surface area contributed by atoms with Crippen LogP contribution < -0.4 is 25.6 Å². The number of fused-ring (bicyclic) bond motifs is 1. The molecule has 10 nitrogen and oxygen atoms in total. The number of methoxy groups -OCH3 is 3. The number of nitrogens with zero attached hydrogens (tertiary/aromatic N) is 4. The summed E-state index contributed by atoms with van der Waals surface area (Å²) < 4.78 is 17.5. The van der Waals surface area contributed by atoms with E-state index in [1.54, 1.807) is 0 Å². The smallest absolute Gasteiger partial charge is 0.328 e. The first-order chi connectivity index (χ1) is 12.4. The second kappa shape index (κ2) is 7.00. The number of halogens is 2. The van der Waals surface area contributed by atoms with Crippen LogP contribution in [-0.4, -0.2) is 45.8 Å². The molecule has 0 amide bonds. The Hall–Kier alpha value is -2.53. The van der Waals surface area contributed by atoms with Crippen LogP contribution in [0.3, 0.4) is 0 Å². The second-order valence-electron chi connectivity index (χ2n) is 5.04. The van der Waals surface area contributed by atoms with Gasteiger partial charge in [0.25, 0.3) is 5.88 Å². The highest BCUT2D eigenvalue weighted by Crippen LogP contribution is 2.42. The standard InChI is InChI=1S/C14H14BrClN6O4/c1-24-8-6(16)5(18-12(26-3)9(8)25-2)4-22-11-7(19-14(22)23)10(15)20-13(17)21-11/h4H2,1-3H3,(H,19,23)(H2,17,20,21). The van der Waals surface area contributed by atoms with Gasteiger partial charge in [-0.15, -0.1) is 0 Å². The Morgan fingerprint density at radius 1 is 1.15 bits per heavy atom. The molecule has 3 aromatic heterocycles. The van der Waals surface area contributed by atoms with Gasteiger partial charge in [0.1, 0.15) is 15.1 Å². The number of pyridine rings is 1. The summed E-state index contributed by atoms with van der Waals surface area (Å²) in [6, 6.07) is 0. The van der Waals surface area contributed by atoms with Crippen LogP contribution in [0.5, 0.6) is 17.4 Å². The number of aromatic amines is 1. The lowest BCUT2D eigenvalue weighted by atomic mass is 10.3. The SMILES string of the molecule is COc1nc(Cn2c(=O)[nH]c3c(Br)nc(N)nc32)c(Cl)c(OC)c1OC. The first-order valence-electron chi connectivity index (χ1n) is 7.17. The van der Waals surface area contributed by atoms with E-state index in [1.807, 2.05) is 0 Å². The monoisotopic (exact) mass is 444 g/mol. The van der Waals surface area contributed by atoms with Crippen LogP contribution >= 0.6 is 27.5 Å². The Labute approximate surface area is 160 Å². The fourth-order valence-electron chi connectivity index (χ4n) is 2.46. The topological polar surface area (TPSA) is 130 Å². The van der Waals surface area contributed by atoms with Gasteiger partial charge in [0, 0.05) is 0 Å². The zero-order valence-electron chi connectivity index (χ0n) is 14.0. The zero-order chi connectivity index (χ0) is 19.0. The minimum absolute atomic E-state index is 0.00270. The number of nitrogen functional groups attached to an aromatic ring is 1. The van der Waals surface area contributed by atoms with Gasteiger partial charge in [-0.2, -0.15) is 4.98 Å². The average Bonchev–Trinajstić information content (AvgIpc) is 2.92. The third-order valence-corrected chi connectivity index (χ3v) is 4.56. The molecule has 0 bridgehead atoms. The minimum atomic E-state index is -0.424. The predicted molar refractivity (Wildman–Crippen MR) is 98.3 cm³/mol. The molecule has 0 aliphatic rings. The van der Waals surface area contributed by atoms with Crippen molar-refractivity contribution >= 4 is 44.6 Å². The molecule has 0 spiro atoms. The van der Waals surface area contributed by atoms with Gasteiger partial charge in [-0.05, 0) is 15.9 Å². The number of hydrogen-bond donors (Lipinski definition) is 2. The highest BCUT2D eigenvalue weighted by atomic mass is 79.9. The van der Waals surface area contributed by atoms with E-state index in [2.05, 4.69) is 35.9 Å². The zero-order valence-corrected chi connectivity index (χ0v) is 16.3. The summed E-state index contributed by atoms with van der Waals surface area (Å²) in [7, 11) is 4.32. The fraction of sp³-hybridized carbons (Fsp3) is 0.286. The van der Waals surface area contributed by atoms with Crippen molar-refractivity contribution in [2.45, 2.75) is 6.54 Å². The predicted octanol–water partition coefficient (Wildman–Crippen LogP) is 1.59. The van der Waals surface area contributed by atoms with E-state index in [-0.39, 0.29) is 34.9 Å². The van der Waals surface area contributed by atoms with Gasteiger partial charge in [0.2, 0.25) is 11.7 Å². The molecule has 0 aliphatic carbocycles. The third-order valence-electron chi connectivity index (χ3n) is 3.59. The summed E-state index contributed by atoms with van der Waals surface area (Å²) in [5.74, 6) is 0.691. The lowest BCUT2D eigenvalue weighted by Crippen LogP contribution is -2.19. The Morgan fingerprint density at radius 2 is 1.85 bits per heavy atom. The van der Waals surface area contributed by atoms with Gasteiger partial charge < -0.3 is 24.9 Å². The van der Waals surface area contributed by atoms with Crippen molar-refractivity contribution in [1.82, 2.24) is 24.5 Å². The molecule has 12 heteroatoms. The molecule has 0 radical (unpaired) electrons. The summed E-state index contributed by atoms with van der Waals surface area (Å²) in [4.78, 5) is 27.4. The van der Waals surface area contributed by atoms with Crippen LogP contribution in [0, 0.1) is 0 Å². The molecule has 0 unspecified atom stereocenters. The molecule has 0 saturated heterocycles. The molecule has 3 aromatic rings. The van der Waals surface area contributed by atoms with Crippen LogP contribution in [0.1, 0.15) is 5.69 Å². The number of hydrogen-bond acceptors (Lipinski definition) is 8. The molecule has 0 fully saturated rings. The maximum absolute atomic E-state index is 12.4. The fourth-order valence-corrected chi connectivity index (χ4v) is 3.19. The van der Waals surface area contributed by atoms with E-state index in [9.17, 15) is 4.79 Å². The van der Waals surface area contributed by atoms with Crippen LogP contribution in [0.2, 0.25) is 5.02 Å². The summed E-state index contributed by atoms with van der Waals surface area (Å²) >= 11 is 9.64. The van der Waals surface area contributed by atoms with Crippen molar-refractivity contribution in [3.05, 3.63) is 25.8 Å². The van der Waals surface area contributed by atoms with Crippen LogP contribution in [0.25, 0.3) is 11.2 Å². The van der Waals surface area contributed by atoms with E-state index in [1.165, 1.54) is 25.9 Å². The Balaban J connectivity index is 2.20. The van der Waals surface area contributed by atoms with Gasteiger partial charge in [-0.1, -0.05) is 11.6 Å². The van der Waals surface area contributed by atoms with Crippen molar-refractivity contribution in [3.63, 3.8) is 0 Å². The number of nitrogens with one attached hydrogen (secondary N) is 1. The molecule has 138 valence electrons. The number of nitrogens with two attached hydrogens (primary N) is 1. The summed E-state index contributed by atoms with van der Waals surface area (Å²) in [5.41, 5.74) is 6.30. The number of rotatable bonds is 5. The first kappa shape index (κ1) is 18.3. The van der Waals surface area contributed by atoms with Gasteiger partial charge in [-0.25, -0.2) is 14.8 Å². The summed E-state index contributed by atoms with van der Waals surface area (Å²) in [6.07, 6.45) is 0. The van der Waals surface area contributed by atoms with E-state index < -0.39 is 5.69 Å². The summed E-state index contributed by atoms with van der Waals surface area (Å²) in [5, 5.41) is 0.187. The van der Waals surface area contributed by atoms with E-state index in [0.29, 0.717) is 21.5 Å². The van der Waals surface area contributed by atoms with Gasteiger partial charge >= 0.3 is 5.69 Å². The third kappa shape index (κ3) is 2.92. The Bertz CT molecular complexity index is 1050. The maximum atomic E-state index is 12.4. The van der Waals surface area contributed by atoms with E-state index in [4.69, 9.17) is 31.5 Å². The van der Waals surface area contributed by atoms with Crippen LogP contribution in [0.4, 0.5) is 5.95 Å². The van der Waals surface area contributed by atoms with Crippen LogP contribution in [-0.2, 0) is 6.54 Å². The number of aromatic nitrogens is 5. The molecule has 0 atom stereocenters. The minimum Gasteiger partial charge on any atom is -0.491 e. The lowest BCUT2D eigenvalue weighted by Gasteiger charge is -2.15. The largest absolute Gasteiger partial charge is 0.491 e. The molecular formula is C14H14BrClN6O4. The highest BCUT2D eigenvalue weighted by Gasteiger charge is 2.23. The van der Waals surface area contributed by atoms with Crippen molar-refractivity contribution in [2.75, 3.05) is 27.1 Å². The molecule has 0 saturated carbocycles. The maximum Gasteiger partial charge on any atom is 0.328 e. The summed E-state index contributed by atoms with van der Waals surface area (Å²) in [6.45, 7) is -0.00270. The quantitative estimate of drug-likeness (QED) is 0.566. The van der Waals surface area contributed by atoms with E-state index >= 15 is 0 Å². The van der Waals surface area contributed by atoms with Crippen molar-refractivity contribution < 1.29 is 14.2 Å². The molecule has 0 aromatic carbocycles. The second-order valence-corrected chi connectivity index (χ2v) is 6.16. The van der Waals surface area contributed by atoms with Gasteiger partial charge in [-0.3, -0.25) is 4.57 Å². The number of ether oxygens (including phenoxy) is 3. The van der Waals surface area contributed by atoms with Crippen molar-refractivity contribution in [1.29, 1.82) is 0 Å². The normalized spacial score (nSPS) is 11.0. The van der Waals surface area contributed by atoms with E-state index in [0.717, 1.165) is 0 Å². The molecule has 3 rings (SSSR count). The number of imidazole rings is 1. The lowest BCUT2D eigenvalue weighted by molar-refractivity contribution is 0.314. The van der Waals surface area contributed by atoms with Gasteiger partial charge in [0.15, 0.2) is 11.4 Å². The van der Waals surface area contributed by atoms with Crippen molar-refractivity contribution in [3.8, 4) is 17.4 Å². The van der Waals surface area contributed by atoms with Crippen LogP contribution in [0.15, 0.2) is 9.40 Å². The molecule has 26 heavy (non-hydrogen) atoms. The first-order valence-corrected chi connectivity index (χ1v) is 8.34. The van der Waals surface area contributed by atoms with Crippen molar-refractivity contribution in [2.24, 2.45) is 0 Å². The Morgan fingerprint density at radius 3 is 2.46 bits per heavy atom. The number of anilines is 1. The van der Waals surface area contributed by atoms with Gasteiger partial charge in [0.05, 0.1) is 33.6 Å². The average molecular weight is 446 g/mol.